The number of thioether (sulfide) groups is 1. The van der Waals surface area contributed by atoms with Gasteiger partial charge < -0.3 is 25.2 Å². The Labute approximate surface area is 309 Å². The minimum absolute atomic E-state index is 0.0117. The van der Waals surface area contributed by atoms with Crippen molar-refractivity contribution in [1.82, 2.24) is 10.8 Å². The van der Waals surface area contributed by atoms with Crippen LogP contribution in [0.3, 0.4) is 0 Å². The summed E-state index contributed by atoms with van der Waals surface area (Å²) in [7, 11) is 0. The minimum Gasteiger partial charge on any atom is -0.392 e. The Hall–Kier alpha value is -4.52. The highest BCUT2D eigenvalue weighted by Gasteiger charge is 2.32. The SMILES string of the molecule is CC(=O)Nc1ccc(SC[C@H]2C[C@@H](c3ccc(CO)cc3)O[C@@H](c3cccc(-c4cccc(CNC(=O)CCCCCCC(=O)NO)c4)c3)O2)cc1. The maximum Gasteiger partial charge on any atom is 0.243 e. The summed E-state index contributed by atoms with van der Waals surface area (Å²) in [6, 6.07) is 31.9. The molecule has 3 amide bonds. The van der Waals surface area contributed by atoms with Crippen LogP contribution in [0.15, 0.2) is 102 Å². The molecule has 5 rings (SSSR count). The van der Waals surface area contributed by atoms with Crippen LogP contribution in [0.4, 0.5) is 5.69 Å². The molecule has 1 saturated heterocycles. The van der Waals surface area contributed by atoms with Crippen molar-refractivity contribution in [2.45, 2.75) is 88.4 Å². The van der Waals surface area contributed by atoms with Gasteiger partial charge in [0.25, 0.3) is 0 Å². The first kappa shape index (κ1) is 38.7. The quantitative estimate of drug-likeness (QED) is 0.0324. The van der Waals surface area contributed by atoms with E-state index in [0.29, 0.717) is 31.6 Å². The molecule has 1 fully saturated rings. The summed E-state index contributed by atoms with van der Waals surface area (Å²) in [5.74, 6) is 0.204. The highest BCUT2D eigenvalue weighted by Crippen LogP contribution is 2.40. The summed E-state index contributed by atoms with van der Waals surface area (Å²) in [6.45, 7) is 1.89. The van der Waals surface area contributed by atoms with E-state index in [-0.39, 0.29) is 43.0 Å². The van der Waals surface area contributed by atoms with E-state index in [2.05, 4.69) is 28.8 Å². The first-order valence-electron chi connectivity index (χ1n) is 17.7. The lowest BCUT2D eigenvalue weighted by molar-refractivity contribution is -0.245. The van der Waals surface area contributed by atoms with Gasteiger partial charge in [0.15, 0.2) is 6.29 Å². The molecule has 0 bridgehead atoms. The zero-order valence-corrected chi connectivity index (χ0v) is 30.2. The van der Waals surface area contributed by atoms with Crippen molar-refractivity contribution in [3.8, 4) is 11.1 Å². The Morgan fingerprint density at radius 2 is 1.46 bits per heavy atom. The Kier molecular flexibility index (Phi) is 14.8. The van der Waals surface area contributed by atoms with Crippen molar-refractivity contribution in [2.24, 2.45) is 0 Å². The average Bonchev–Trinajstić information content (AvgIpc) is 3.18. The monoisotopic (exact) mass is 725 g/mol. The van der Waals surface area contributed by atoms with E-state index in [1.165, 1.54) is 6.92 Å². The van der Waals surface area contributed by atoms with Gasteiger partial charge >= 0.3 is 0 Å². The van der Waals surface area contributed by atoms with Crippen LogP contribution in [-0.4, -0.2) is 39.9 Å². The van der Waals surface area contributed by atoms with Crippen molar-refractivity contribution in [3.63, 3.8) is 0 Å². The summed E-state index contributed by atoms with van der Waals surface area (Å²) >= 11 is 1.69. The molecule has 11 heteroatoms. The molecule has 5 N–H and O–H groups in total. The number of benzene rings is 4. The smallest absolute Gasteiger partial charge is 0.243 e. The normalized spacial score (nSPS) is 16.9. The standard InChI is InChI=1S/C41H47N3O7S/c1-28(46)43-35-18-20-37(21-19-35)52-27-36-24-38(31-16-14-29(26-45)15-17-31)51-41(50-36)34-11-7-10-33(23-34)32-9-6-8-30(22-32)25-42-39(47)12-4-2-3-5-13-40(48)44-49/h6-11,14-23,36,38,41,45,49H,2-5,12-13,24-27H2,1H3,(H,42,47)(H,43,46)(H,44,48)/t36-,38+,41+/m1/s1. The van der Waals surface area contributed by atoms with Gasteiger partial charge in [-0.1, -0.05) is 73.5 Å². The maximum absolute atomic E-state index is 12.5. The second-order valence-electron chi connectivity index (χ2n) is 12.9. The number of ether oxygens (including phenoxy) is 2. The van der Waals surface area contributed by atoms with Crippen LogP contribution < -0.4 is 16.1 Å². The van der Waals surface area contributed by atoms with Crippen molar-refractivity contribution in [1.29, 1.82) is 0 Å². The minimum atomic E-state index is -0.599. The summed E-state index contributed by atoms with van der Waals surface area (Å²) in [5, 5.41) is 24.0. The number of amides is 3. The molecule has 1 aliphatic rings. The molecule has 0 unspecified atom stereocenters. The van der Waals surface area contributed by atoms with Gasteiger partial charge in [0.1, 0.15) is 0 Å². The number of hydroxylamine groups is 1. The summed E-state index contributed by atoms with van der Waals surface area (Å²) in [6.07, 6.45) is 3.55. The van der Waals surface area contributed by atoms with Crippen molar-refractivity contribution in [3.05, 3.63) is 119 Å². The number of nitrogens with one attached hydrogen (secondary N) is 3. The van der Waals surface area contributed by atoms with Gasteiger partial charge in [0.2, 0.25) is 17.7 Å². The van der Waals surface area contributed by atoms with Gasteiger partial charge in [0.05, 0.1) is 18.8 Å². The Morgan fingerprint density at radius 1 is 0.769 bits per heavy atom. The van der Waals surface area contributed by atoms with Crippen molar-refractivity contribution >= 4 is 35.2 Å². The second kappa shape index (κ2) is 19.9. The fourth-order valence-electron chi connectivity index (χ4n) is 6.04. The van der Waals surface area contributed by atoms with E-state index < -0.39 is 6.29 Å². The average molecular weight is 726 g/mol. The molecule has 0 aromatic heterocycles. The zero-order valence-electron chi connectivity index (χ0n) is 29.4. The Morgan fingerprint density at radius 3 is 2.15 bits per heavy atom. The van der Waals surface area contributed by atoms with E-state index >= 15 is 0 Å². The molecule has 0 radical (unpaired) electrons. The number of carbonyl (C=O) groups excluding carboxylic acids is 3. The first-order valence-corrected chi connectivity index (χ1v) is 18.7. The van der Waals surface area contributed by atoms with Crippen LogP contribution in [-0.2, 0) is 37.0 Å². The maximum atomic E-state index is 12.5. The molecule has 10 nitrogen and oxygen atoms in total. The number of aliphatic hydroxyl groups excluding tert-OH is 1. The van der Waals surface area contributed by atoms with Crippen LogP contribution in [0.1, 0.15) is 86.5 Å². The number of aliphatic hydroxyl groups is 1. The molecule has 4 aromatic rings. The molecule has 4 aromatic carbocycles. The van der Waals surface area contributed by atoms with Gasteiger partial charge in [-0.3, -0.25) is 19.6 Å². The van der Waals surface area contributed by atoms with E-state index in [1.807, 2.05) is 78.9 Å². The first-order chi connectivity index (χ1) is 25.3. The molecule has 1 heterocycles. The molecule has 0 aliphatic carbocycles. The van der Waals surface area contributed by atoms with Crippen LogP contribution >= 0.6 is 11.8 Å². The molecular formula is C41H47N3O7S. The summed E-state index contributed by atoms with van der Waals surface area (Å²) < 4.78 is 13.2. The topological polar surface area (TPSA) is 146 Å². The van der Waals surface area contributed by atoms with Crippen molar-refractivity contribution in [2.75, 3.05) is 11.1 Å². The lowest BCUT2D eigenvalue weighted by Crippen LogP contribution is -2.31. The fraction of sp³-hybridized carbons (Fsp3) is 0.341. The summed E-state index contributed by atoms with van der Waals surface area (Å²) in [5.41, 5.74) is 8.18. The molecular weight excluding hydrogens is 679 g/mol. The van der Waals surface area contributed by atoms with Crippen LogP contribution in [0.2, 0.25) is 0 Å². The van der Waals surface area contributed by atoms with Crippen LogP contribution in [0.25, 0.3) is 11.1 Å². The third kappa shape index (κ3) is 12.0. The van der Waals surface area contributed by atoms with Gasteiger partial charge in [-0.15, -0.1) is 11.8 Å². The second-order valence-corrected chi connectivity index (χ2v) is 14.0. The van der Waals surface area contributed by atoms with Crippen LogP contribution in [0, 0.1) is 0 Å². The van der Waals surface area contributed by atoms with Crippen LogP contribution in [0.5, 0.6) is 0 Å². The molecule has 0 saturated carbocycles. The predicted molar refractivity (Wildman–Crippen MR) is 201 cm³/mol. The highest BCUT2D eigenvalue weighted by molar-refractivity contribution is 7.99. The molecule has 3 atom stereocenters. The van der Waals surface area contributed by atoms with E-state index in [1.54, 1.807) is 17.2 Å². The van der Waals surface area contributed by atoms with Gasteiger partial charge in [-0.25, -0.2) is 5.48 Å². The van der Waals surface area contributed by atoms with Gasteiger partial charge in [-0.05, 0) is 77.1 Å². The van der Waals surface area contributed by atoms with E-state index in [0.717, 1.165) is 63.2 Å². The molecule has 0 spiro atoms. The van der Waals surface area contributed by atoms with E-state index in [4.69, 9.17) is 14.7 Å². The summed E-state index contributed by atoms with van der Waals surface area (Å²) in [4.78, 5) is 36.1. The largest absolute Gasteiger partial charge is 0.392 e. The predicted octanol–water partition coefficient (Wildman–Crippen LogP) is 7.60. The molecule has 1 aliphatic heterocycles. The third-order valence-corrected chi connectivity index (χ3v) is 9.96. The number of unbranched alkanes of at least 4 members (excludes halogenated alkanes) is 3. The molecule has 274 valence electrons. The number of hydrogen-bond acceptors (Lipinski definition) is 8. The number of hydrogen-bond donors (Lipinski definition) is 5. The van der Waals surface area contributed by atoms with Crippen molar-refractivity contribution < 1.29 is 34.2 Å². The number of anilines is 1. The van der Waals surface area contributed by atoms with Gasteiger partial charge in [0, 0.05) is 54.6 Å². The molecule has 52 heavy (non-hydrogen) atoms. The highest BCUT2D eigenvalue weighted by atomic mass is 32.2. The number of rotatable bonds is 17. The van der Waals surface area contributed by atoms with E-state index in [9.17, 15) is 19.5 Å². The Bertz CT molecular complexity index is 1770. The van der Waals surface area contributed by atoms with Gasteiger partial charge in [-0.2, -0.15) is 0 Å². The lowest BCUT2D eigenvalue weighted by atomic mass is 9.99. The third-order valence-electron chi connectivity index (χ3n) is 8.82. The fourth-order valence-corrected chi connectivity index (χ4v) is 6.97. The Balaban J connectivity index is 1.22. The zero-order chi connectivity index (χ0) is 36.7. The lowest BCUT2D eigenvalue weighted by Gasteiger charge is -2.36. The number of carbonyl (C=O) groups is 3.